The Morgan fingerprint density at radius 2 is 1.79 bits per heavy atom. The Bertz CT molecular complexity index is 920. The van der Waals surface area contributed by atoms with Crippen molar-refractivity contribution in [1.82, 2.24) is 4.31 Å². The molecule has 3 rings (SSSR count). The van der Waals surface area contributed by atoms with Gasteiger partial charge in [-0.05, 0) is 48.4 Å². The van der Waals surface area contributed by atoms with Gasteiger partial charge in [0.2, 0.25) is 10.0 Å². The second-order valence-corrected chi connectivity index (χ2v) is 8.46. The zero-order valence-corrected chi connectivity index (χ0v) is 17.2. The van der Waals surface area contributed by atoms with Crippen molar-refractivity contribution in [2.24, 2.45) is 0 Å². The number of hydrogen-bond acceptors (Lipinski definition) is 6. The van der Waals surface area contributed by atoms with E-state index in [1.54, 1.807) is 0 Å². The van der Waals surface area contributed by atoms with Crippen LogP contribution in [0.25, 0.3) is 0 Å². The van der Waals surface area contributed by atoms with E-state index in [-0.39, 0.29) is 18.1 Å². The fourth-order valence-electron chi connectivity index (χ4n) is 2.93. The lowest BCUT2D eigenvalue weighted by molar-refractivity contribution is 0.0450. The fourth-order valence-corrected chi connectivity index (χ4v) is 4.34. The molecular formula is C21H25NO6S. The SMILES string of the molecule is CCc1cccc(OCCOC(=O)c2ccc(S(=O)(=O)N3CCOCC3)cc2)c1. The quantitative estimate of drug-likeness (QED) is 0.483. The molecule has 0 radical (unpaired) electrons. The first-order chi connectivity index (χ1) is 14.0. The van der Waals surface area contributed by atoms with Crippen LogP contribution in [0.1, 0.15) is 22.8 Å². The summed E-state index contributed by atoms with van der Waals surface area (Å²) in [4.78, 5) is 12.3. The zero-order valence-electron chi connectivity index (χ0n) is 16.4. The summed E-state index contributed by atoms with van der Waals surface area (Å²) in [5.74, 6) is 0.212. The van der Waals surface area contributed by atoms with Crippen LogP contribution >= 0.6 is 0 Å². The van der Waals surface area contributed by atoms with E-state index in [2.05, 4.69) is 6.92 Å². The van der Waals surface area contributed by atoms with Crippen molar-refractivity contribution in [3.05, 3.63) is 59.7 Å². The topological polar surface area (TPSA) is 82.1 Å². The van der Waals surface area contributed by atoms with Gasteiger partial charge in [0.05, 0.1) is 23.7 Å². The van der Waals surface area contributed by atoms with Crippen LogP contribution in [-0.2, 0) is 25.9 Å². The normalized spacial score (nSPS) is 15.1. The van der Waals surface area contributed by atoms with E-state index in [4.69, 9.17) is 14.2 Å². The van der Waals surface area contributed by atoms with Gasteiger partial charge in [-0.15, -0.1) is 0 Å². The maximum absolute atomic E-state index is 12.6. The number of carbonyl (C=O) groups excluding carboxylic acids is 1. The van der Waals surface area contributed by atoms with Crippen LogP contribution in [0, 0.1) is 0 Å². The monoisotopic (exact) mass is 419 g/mol. The molecule has 2 aromatic carbocycles. The van der Waals surface area contributed by atoms with Gasteiger partial charge in [0.15, 0.2) is 0 Å². The van der Waals surface area contributed by atoms with Crippen molar-refractivity contribution in [3.63, 3.8) is 0 Å². The number of sulfonamides is 1. The highest BCUT2D eigenvalue weighted by atomic mass is 32.2. The molecule has 0 atom stereocenters. The number of esters is 1. The highest BCUT2D eigenvalue weighted by molar-refractivity contribution is 7.89. The van der Waals surface area contributed by atoms with Gasteiger partial charge in [-0.3, -0.25) is 0 Å². The molecule has 1 aliphatic heterocycles. The van der Waals surface area contributed by atoms with Crippen LogP contribution in [0.4, 0.5) is 0 Å². The van der Waals surface area contributed by atoms with Crippen molar-refractivity contribution in [3.8, 4) is 5.75 Å². The first kappa shape index (κ1) is 21.3. The van der Waals surface area contributed by atoms with Crippen LogP contribution < -0.4 is 4.74 Å². The first-order valence-corrected chi connectivity index (χ1v) is 11.0. The molecule has 2 aromatic rings. The van der Waals surface area contributed by atoms with Crippen molar-refractivity contribution in [2.45, 2.75) is 18.2 Å². The van der Waals surface area contributed by atoms with E-state index in [0.717, 1.165) is 12.2 Å². The minimum absolute atomic E-state index is 0.100. The molecule has 8 heteroatoms. The maximum atomic E-state index is 12.6. The van der Waals surface area contributed by atoms with Gasteiger partial charge < -0.3 is 14.2 Å². The van der Waals surface area contributed by atoms with E-state index >= 15 is 0 Å². The Balaban J connectivity index is 1.51. The van der Waals surface area contributed by atoms with Crippen LogP contribution in [0.3, 0.4) is 0 Å². The van der Waals surface area contributed by atoms with Crippen LogP contribution in [-0.4, -0.2) is 58.2 Å². The molecule has 1 aliphatic rings. The number of ether oxygens (including phenoxy) is 3. The number of carbonyl (C=O) groups is 1. The molecule has 0 saturated carbocycles. The van der Waals surface area contributed by atoms with Gasteiger partial charge in [-0.25, -0.2) is 13.2 Å². The molecule has 1 fully saturated rings. The van der Waals surface area contributed by atoms with Crippen LogP contribution in [0.5, 0.6) is 5.75 Å². The number of rotatable bonds is 8. The zero-order chi connectivity index (χ0) is 20.7. The van der Waals surface area contributed by atoms with Gasteiger partial charge >= 0.3 is 5.97 Å². The molecule has 156 valence electrons. The molecule has 0 unspecified atom stereocenters. The third-order valence-electron chi connectivity index (χ3n) is 4.59. The average Bonchev–Trinajstić information content (AvgIpc) is 2.77. The molecule has 7 nitrogen and oxygen atoms in total. The number of hydrogen-bond donors (Lipinski definition) is 0. The Morgan fingerprint density at radius 3 is 2.48 bits per heavy atom. The summed E-state index contributed by atoms with van der Waals surface area (Å²) in [7, 11) is -3.58. The summed E-state index contributed by atoms with van der Waals surface area (Å²) in [6.07, 6.45) is 0.920. The van der Waals surface area contributed by atoms with Crippen LogP contribution in [0.15, 0.2) is 53.4 Å². The van der Waals surface area contributed by atoms with E-state index < -0.39 is 16.0 Å². The lowest BCUT2D eigenvalue weighted by Gasteiger charge is -2.26. The van der Waals surface area contributed by atoms with Gasteiger partial charge in [0.25, 0.3) is 0 Å². The molecule has 0 amide bonds. The number of nitrogens with zero attached hydrogens (tertiary/aromatic N) is 1. The average molecular weight is 419 g/mol. The second-order valence-electron chi connectivity index (χ2n) is 6.53. The minimum Gasteiger partial charge on any atom is -0.490 e. The largest absolute Gasteiger partial charge is 0.490 e. The van der Waals surface area contributed by atoms with E-state index in [0.29, 0.717) is 31.9 Å². The molecule has 29 heavy (non-hydrogen) atoms. The minimum atomic E-state index is -3.58. The molecule has 1 heterocycles. The van der Waals surface area contributed by atoms with Gasteiger partial charge in [-0.1, -0.05) is 19.1 Å². The third-order valence-corrected chi connectivity index (χ3v) is 6.50. The first-order valence-electron chi connectivity index (χ1n) is 9.57. The molecule has 1 saturated heterocycles. The van der Waals surface area contributed by atoms with E-state index in [1.807, 2.05) is 24.3 Å². The predicted octanol–water partition coefficient (Wildman–Crippen LogP) is 2.51. The van der Waals surface area contributed by atoms with E-state index in [1.165, 1.54) is 34.1 Å². The molecule has 0 spiro atoms. The lowest BCUT2D eigenvalue weighted by Crippen LogP contribution is -2.40. The summed E-state index contributed by atoms with van der Waals surface area (Å²) in [6, 6.07) is 13.5. The van der Waals surface area contributed by atoms with Crippen molar-refractivity contribution < 1.29 is 27.4 Å². The Hall–Kier alpha value is -2.42. The maximum Gasteiger partial charge on any atom is 0.338 e. The number of benzene rings is 2. The lowest BCUT2D eigenvalue weighted by atomic mass is 10.2. The molecular weight excluding hydrogens is 394 g/mol. The van der Waals surface area contributed by atoms with Crippen molar-refractivity contribution >= 4 is 16.0 Å². The molecule has 0 aromatic heterocycles. The van der Waals surface area contributed by atoms with Gasteiger partial charge in [0, 0.05) is 13.1 Å². The summed E-state index contributed by atoms with van der Waals surface area (Å²) in [5.41, 5.74) is 1.46. The number of morpholine rings is 1. The summed E-state index contributed by atoms with van der Waals surface area (Å²) >= 11 is 0. The summed E-state index contributed by atoms with van der Waals surface area (Å²) < 4.78 is 42.6. The predicted molar refractivity (Wildman–Crippen MR) is 108 cm³/mol. The second kappa shape index (κ2) is 9.87. The number of aryl methyl sites for hydroxylation is 1. The summed E-state index contributed by atoms with van der Waals surface area (Å²) in [6.45, 7) is 3.83. The van der Waals surface area contributed by atoms with Gasteiger partial charge in [0.1, 0.15) is 19.0 Å². The molecule has 0 N–H and O–H groups in total. The van der Waals surface area contributed by atoms with Crippen molar-refractivity contribution in [1.29, 1.82) is 0 Å². The third kappa shape index (κ3) is 5.56. The molecule has 0 bridgehead atoms. The van der Waals surface area contributed by atoms with Crippen LogP contribution in [0.2, 0.25) is 0 Å². The fraction of sp³-hybridized carbons (Fsp3) is 0.381. The van der Waals surface area contributed by atoms with Gasteiger partial charge in [-0.2, -0.15) is 4.31 Å². The summed E-state index contributed by atoms with van der Waals surface area (Å²) in [5, 5.41) is 0. The highest BCUT2D eigenvalue weighted by Crippen LogP contribution is 2.18. The Labute approximate surface area is 171 Å². The smallest absolute Gasteiger partial charge is 0.338 e. The molecule has 0 aliphatic carbocycles. The standard InChI is InChI=1S/C21H25NO6S/c1-2-17-4-3-5-19(16-17)27-14-15-28-21(23)18-6-8-20(9-7-18)29(24,25)22-10-12-26-13-11-22/h3-9,16H,2,10-15H2,1H3. The van der Waals surface area contributed by atoms with E-state index in [9.17, 15) is 13.2 Å². The Kier molecular flexibility index (Phi) is 7.24. The Morgan fingerprint density at radius 1 is 1.07 bits per heavy atom. The highest BCUT2D eigenvalue weighted by Gasteiger charge is 2.26. The van der Waals surface area contributed by atoms with Crippen molar-refractivity contribution in [2.75, 3.05) is 39.5 Å².